The number of amides is 2. The van der Waals surface area contributed by atoms with Crippen LogP contribution in [0.15, 0.2) is 0 Å². The summed E-state index contributed by atoms with van der Waals surface area (Å²) in [4.78, 5) is 12.0. The van der Waals surface area contributed by atoms with Crippen LogP contribution in [-0.4, -0.2) is 40.8 Å². The van der Waals surface area contributed by atoms with Gasteiger partial charge >= 0.3 is 6.03 Å². The maximum absolute atomic E-state index is 12.0. The highest BCUT2D eigenvalue weighted by Crippen LogP contribution is 2.28. The Kier molecular flexibility index (Phi) is 7.17. The fourth-order valence-corrected chi connectivity index (χ4v) is 4.76. The molecule has 4 atom stereocenters. The number of aliphatic hydroxyl groups is 1. The maximum Gasteiger partial charge on any atom is 0.315 e. The van der Waals surface area contributed by atoms with E-state index in [0.29, 0.717) is 23.8 Å². The number of urea groups is 1. The standard InChI is InChI=1S/C16H30N2O2S/c1-2-21-15-8-4-6-13(10-15)18-16(20)17-11-12-5-3-7-14(19)9-12/h12-15,19H,2-11H2,1H3,(H2,17,18,20). The van der Waals surface area contributed by atoms with Crippen LogP contribution in [0.5, 0.6) is 0 Å². The van der Waals surface area contributed by atoms with Crippen LogP contribution >= 0.6 is 11.8 Å². The summed E-state index contributed by atoms with van der Waals surface area (Å²) in [6, 6.07) is 0.307. The zero-order valence-corrected chi connectivity index (χ0v) is 14.0. The summed E-state index contributed by atoms with van der Waals surface area (Å²) in [6.07, 6.45) is 8.50. The molecular formula is C16H30N2O2S. The third-order valence-electron chi connectivity index (χ3n) is 4.67. The molecule has 2 aliphatic rings. The van der Waals surface area contributed by atoms with Crippen LogP contribution in [0.4, 0.5) is 4.79 Å². The summed E-state index contributed by atoms with van der Waals surface area (Å²) in [5.41, 5.74) is 0. The zero-order chi connectivity index (χ0) is 15.1. The zero-order valence-electron chi connectivity index (χ0n) is 13.1. The van der Waals surface area contributed by atoms with Gasteiger partial charge in [-0.1, -0.05) is 19.8 Å². The van der Waals surface area contributed by atoms with Crippen LogP contribution in [0.1, 0.15) is 58.3 Å². The van der Waals surface area contributed by atoms with Crippen LogP contribution in [-0.2, 0) is 0 Å². The van der Waals surface area contributed by atoms with Gasteiger partial charge in [0.1, 0.15) is 0 Å². The number of aliphatic hydroxyl groups excluding tert-OH is 1. The molecule has 122 valence electrons. The fourth-order valence-electron chi connectivity index (χ4n) is 3.58. The first kappa shape index (κ1) is 16.9. The lowest BCUT2D eigenvalue weighted by atomic mass is 9.87. The predicted octanol–water partition coefficient (Wildman–Crippen LogP) is 2.90. The molecule has 2 rings (SSSR count). The number of nitrogens with one attached hydrogen (secondary N) is 2. The third-order valence-corrected chi connectivity index (χ3v) is 5.90. The van der Waals surface area contributed by atoms with Crippen molar-refractivity contribution in [3.8, 4) is 0 Å². The molecule has 2 aliphatic carbocycles. The molecule has 3 N–H and O–H groups in total. The Balaban J connectivity index is 1.64. The Morgan fingerprint density at radius 3 is 2.76 bits per heavy atom. The monoisotopic (exact) mass is 314 g/mol. The Morgan fingerprint density at radius 1 is 1.19 bits per heavy atom. The number of carbonyl (C=O) groups excluding carboxylic acids is 1. The quantitative estimate of drug-likeness (QED) is 0.731. The van der Waals surface area contributed by atoms with Gasteiger partial charge < -0.3 is 15.7 Å². The molecule has 0 heterocycles. The van der Waals surface area contributed by atoms with Gasteiger partial charge in [0.2, 0.25) is 0 Å². The van der Waals surface area contributed by atoms with Gasteiger partial charge in [-0.3, -0.25) is 0 Å². The van der Waals surface area contributed by atoms with E-state index in [1.54, 1.807) is 0 Å². The molecule has 4 nitrogen and oxygen atoms in total. The van der Waals surface area contributed by atoms with Crippen molar-refractivity contribution in [2.45, 2.75) is 75.7 Å². The molecule has 5 heteroatoms. The highest BCUT2D eigenvalue weighted by Gasteiger charge is 2.24. The van der Waals surface area contributed by atoms with Gasteiger partial charge in [-0.15, -0.1) is 0 Å². The first-order valence-corrected chi connectivity index (χ1v) is 9.56. The van der Waals surface area contributed by atoms with Gasteiger partial charge in [-0.2, -0.15) is 11.8 Å². The van der Waals surface area contributed by atoms with Crippen molar-refractivity contribution in [2.24, 2.45) is 5.92 Å². The minimum Gasteiger partial charge on any atom is -0.393 e. The lowest BCUT2D eigenvalue weighted by Crippen LogP contribution is -2.46. The largest absolute Gasteiger partial charge is 0.393 e. The van der Waals surface area contributed by atoms with Crippen LogP contribution in [0, 0.1) is 5.92 Å². The smallest absolute Gasteiger partial charge is 0.315 e. The molecule has 21 heavy (non-hydrogen) atoms. The number of hydrogen-bond donors (Lipinski definition) is 3. The van der Waals surface area contributed by atoms with Gasteiger partial charge in [0.05, 0.1) is 6.10 Å². The lowest BCUT2D eigenvalue weighted by Gasteiger charge is -2.30. The normalized spacial score (nSPS) is 33.4. The average Bonchev–Trinajstić information content (AvgIpc) is 2.46. The van der Waals surface area contributed by atoms with Crippen molar-refractivity contribution in [3.05, 3.63) is 0 Å². The molecule has 4 unspecified atom stereocenters. The number of carbonyl (C=O) groups is 1. The first-order valence-electron chi connectivity index (χ1n) is 8.51. The minimum absolute atomic E-state index is 0.0257. The summed E-state index contributed by atoms with van der Waals surface area (Å²) in [5.74, 6) is 1.60. The third kappa shape index (κ3) is 6.07. The summed E-state index contributed by atoms with van der Waals surface area (Å²) < 4.78 is 0. The molecule has 0 aliphatic heterocycles. The second kappa shape index (κ2) is 8.89. The van der Waals surface area contributed by atoms with Crippen molar-refractivity contribution >= 4 is 17.8 Å². The van der Waals surface area contributed by atoms with Crippen molar-refractivity contribution in [1.29, 1.82) is 0 Å². The molecule has 0 spiro atoms. The SMILES string of the molecule is CCSC1CCCC(NC(=O)NCC2CCCC(O)C2)C1. The average molecular weight is 314 g/mol. The highest BCUT2D eigenvalue weighted by molar-refractivity contribution is 7.99. The Morgan fingerprint density at radius 2 is 2.00 bits per heavy atom. The van der Waals surface area contributed by atoms with E-state index in [9.17, 15) is 9.90 Å². The summed E-state index contributed by atoms with van der Waals surface area (Å²) >= 11 is 2.02. The van der Waals surface area contributed by atoms with E-state index in [-0.39, 0.29) is 12.1 Å². The molecule has 0 bridgehead atoms. The summed E-state index contributed by atoms with van der Waals surface area (Å²) in [5, 5.41) is 16.5. The van der Waals surface area contributed by atoms with Crippen molar-refractivity contribution in [3.63, 3.8) is 0 Å². The summed E-state index contributed by atoms with van der Waals surface area (Å²) in [7, 11) is 0. The number of hydrogen-bond acceptors (Lipinski definition) is 3. The van der Waals surface area contributed by atoms with Crippen molar-refractivity contribution in [1.82, 2.24) is 10.6 Å². The molecule has 0 radical (unpaired) electrons. The van der Waals surface area contributed by atoms with Gasteiger partial charge in [-0.05, 0) is 50.2 Å². The first-order chi connectivity index (χ1) is 10.2. The fraction of sp³-hybridized carbons (Fsp3) is 0.938. The van der Waals surface area contributed by atoms with Gasteiger partial charge in [-0.25, -0.2) is 4.79 Å². The maximum atomic E-state index is 12.0. The molecular weight excluding hydrogens is 284 g/mol. The van der Waals surface area contributed by atoms with Gasteiger partial charge in [0.15, 0.2) is 0 Å². The second-order valence-electron chi connectivity index (χ2n) is 6.48. The van der Waals surface area contributed by atoms with E-state index in [2.05, 4.69) is 17.6 Å². The van der Waals surface area contributed by atoms with Crippen molar-refractivity contribution < 1.29 is 9.90 Å². The Bertz CT molecular complexity index is 325. The van der Waals surface area contributed by atoms with E-state index < -0.39 is 0 Å². The van der Waals surface area contributed by atoms with Gasteiger partial charge in [0, 0.05) is 17.8 Å². The second-order valence-corrected chi connectivity index (χ2v) is 8.06. The predicted molar refractivity (Wildman–Crippen MR) is 88.7 cm³/mol. The van der Waals surface area contributed by atoms with E-state index in [1.165, 1.54) is 12.8 Å². The van der Waals surface area contributed by atoms with E-state index in [4.69, 9.17) is 0 Å². The van der Waals surface area contributed by atoms with Gasteiger partial charge in [0.25, 0.3) is 0 Å². The number of rotatable bonds is 5. The van der Waals surface area contributed by atoms with Crippen LogP contribution in [0.25, 0.3) is 0 Å². The highest BCUT2D eigenvalue weighted by atomic mass is 32.2. The van der Waals surface area contributed by atoms with Crippen LogP contribution in [0.3, 0.4) is 0 Å². The van der Waals surface area contributed by atoms with E-state index in [1.807, 2.05) is 11.8 Å². The topological polar surface area (TPSA) is 61.4 Å². The number of thioether (sulfide) groups is 1. The minimum atomic E-state index is -0.168. The molecule has 0 saturated heterocycles. The molecule has 0 aromatic heterocycles. The Labute approximate surface area is 132 Å². The molecule has 2 fully saturated rings. The van der Waals surface area contributed by atoms with E-state index >= 15 is 0 Å². The Hall–Kier alpha value is -0.420. The molecule has 0 aromatic rings. The molecule has 2 saturated carbocycles. The molecule has 0 aromatic carbocycles. The van der Waals surface area contributed by atoms with E-state index in [0.717, 1.165) is 44.3 Å². The molecule has 2 amide bonds. The van der Waals surface area contributed by atoms with Crippen molar-refractivity contribution in [2.75, 3.05) is 12.3 Å². The summed E-state index contributed by atoms with van der Waals surface area (Å²) in [6.45, 7) is 2.90. The van der Waals surface area contributed by atoms with Crippen LogP contribution < -0.4 is 10.6 Å². The lowest BCUT2D eigenvalue weighted by molar-refractivity contribution is 0.101. The van der Waals surface area contributed by atoms with Crippen LogP contribution in [0.2, 0.25) is 0 Å².